The van der Waals surface area contributed by atoms with Crippen molar-refractivity contribution in [3.63, 3.8) is 0 Å². The number of para-hydroxylation sites is 1. The van der Waals surface area contributed by atoms with Crippen LogP contribution in [0.4, 0.5) is 0 Å². The first-order valence-electron chi connectivity index (χ1n) is 13.4. The molecule has 0 bridgehead atoms. The Bertz CT molecular complexity index is 1050. The number of phenolic OH excluding ortho intramolecular Hbond substituents is 1. The van der Waals surface area contributed by atoms with Crippen LogP contribution in [0, 0.1) is 12.8 Å². The number of carbonyl (C=O) groups is 1. The normalized spacial score (nSPS) is 23.7. The van der Waals surface area contributed by atoms with Crippen molar-refractivity contribution in [1.29, 1.82) is 0 Å². The Morgan fingerprint density at radius 1 is 1.03 bits per heavy atom. The molecule has 1 aromatic heterocycles. The van der Waals surface area contributed by atoms with Crippen LogP contribution in [-0.4, -0.2) is 58.6 Å². The van der Waals surface area contributed by atoms with E-state index < -0.39 is 0 Å². The summed E-state index contributed by atoms with van der Waals surface area (Å²) >= 11 is 0. The van der Waals surface area contributed by atoms with Gasteiger partial charge in [-0.25, -0.2) is 0 Å². The van der Waals surface area contributed by atoms with Crippen LogP contribution in [0.2, 0.25) is 0 Å². The van der Waals surface area contributed by atoms with Crippen molar-refractivity contribution >= 4 is 5.91 Å². The predicted molar refractivity (Wildman–Crippen MR) is 137 cm³/mol. The first kappa shape index (κ1) is 24.1. The molecule has 1 N–H and O–H groups in total. The minimum absolute atomic E-state index is 0.202. The zero-order valence-corrected chi connectivity index (χ0v) is 21.2. The van der Waals surface area contributed by atoms with Gasteiger partial charge in [0.25, 0.3) is 5.91 Å². The summed E-state index contributed by atoms with van der Waals surface area (Å²) < 4.78 is 5.27. The van der Waals surface area contributed by atoms with E-state index >= 15 is 0 Å². The molecule has 2 aliphatic heterocycles. The number of aromatic nitrogens is 1. The van der Waals surface area contributed by atoms with E-state index in [1.165, 1.54) is 25.7 Å². The second-order valence-electron chi connectivity index (χ2n) is 10.7. The van der Waals surface area contributed by atoms with Crippen LogP contribution < -0.4 is 4.74 Å². The number of benzene rings is 1. The van der Waals surface area contributed by atoms with Gasteiger partial charge < -0.3 is 14.7 Å². The molecular formula is C29H39N3O3. The number of likely N-dealkylation sites (tertiary alicyclic amines) is 2. The van der Waals surface area contributed by atoms with Crippen LogP contribution in [0.5, 0.6) is 11.5 Å². The number of hydrogen-bond donors (Lipinski definition) is 1. The molecule has 35 heavy (non-hydrogen) atoms. The van der Waals surface area contributed by atoms with Crippen molar-refractivity contribution in [2.24, 2.45) is 5.92 Å². The number of ether oxygens (including phenoxy) is 1. The summed E-state index contributed by atoms with van der Waals surface area (Å²) in [6.45, 7) is 5.43. The Hall–Kier alpha value is -2.60. The molecule has 188 valence electrons. The van der Waals surface area contributed by atoms with Gasteiger partial charge in [-0.05, 0) is 82.7 Å². The molecule has 3 heterocycles. The summed E-state index contributed by atoms with van der Waals surface area (Å²) in [6.07, 6.45) is 9.31. The molecule has 6 heteroatoms. The van der Waals surface area contributed by atoms with Crippen LogP contribution in [0.15, 0.2) is 30.3 Å². The van der Waals surface area contributed by atoms with Crippen LogP contribution in [0.3, 0.4) is 0 Å². The monoisotopic (exact) mass is 477 g/mol. The molecule has 0 radical (unpaired) electrons. The predicted octanol–water partition coefficient (Wildman–Crippen LogP) is 5.28. The van der Waals surface area contributed by atoms with Gasteiger partial charge >= 0.3 is 0 Å². The Labute approximate surface area is 209 Å². The maximum atomic E-state index is 13.9. The highest BCUT2D eigenvalue weighted by Crippen LogP contribution is 2.38. The fourth-order valence-corrected chi connectivity index (χ4v) is 6.57. The topological polar surface area (TPSA) is 65.9 Å². The first-order chi connectivity index (χ1) is 17.0. The summed E-state index contributed by atoms with van der Waals surface area (Å²) in [5, 5.41) is 10.5. The number of rotatable bonds is 5. The quantitative estimate of drug-likeness (QED) is 0.635. The molecule has 1 amide bonds. The molecule has 1 aromatic carbocycles. The second kappa shape index (κ2) is 10.6. The van der Waals surface area contributed by atoms with Crippen molar-refractivity contribution in [3.8, 4) is 11.5 Å². The summed E-state index contributed by atoms with van der Waals surface area (Å²) in [5.74, 6) is 1.92. The highest BCUT2D eigenvalue weighted by Gasteiger charge is 2.37. The molecule has 0 spiro atoms. The second-order valence-corrected chi connectivity index (χ2v) is 10.7. The molecule has 1 aliphatic carbocycles. The van der Waals surface area contributed by atoms with Gasteiger partial charge in [0.2, 0.25) is 0 Å². The molecule has 2 saturated heterocycles. The molecule has 1 saturated carbocycles. The standard InChI is InChI=1S/C29H39N3O3/c1-20-12-13-24(29(34)32-16-6-9-21-7-3-4-10-25(21)32)27(30-20)22-14-17-31(18-15-22)19-23-8-5-11-26(35-2)28(23)33/h5,8,11-13,21-22,25,33H,3-4,6-7,9-10,14-19H2,1-2H3. The highest BCUT2D eigenvalue weighted by molar-refractivity contribution is 5.95. The summed E-state index contributed by atoms with van der Waals surface area (Å²) in [6, 6.07) is 10.1. The Kier molecular flexibility index (Phi) is 7.28. The smallest absolute Gasteiger partial charge is 0.255 e. The van der Waals surface area contributed by atoms with Gasteiger partial charge in [0, 0.05) is 36.3 Å². The number of nitrogens with zero attached hydrogens (tertiary/aromatic N) is 3. The summed E-state index contributed by atoms with van der Waals surface area (Å²) in [5.41, 5.74) is 3.69. The van der Waals surface area contributed by atoms with Gasteiger partial charge in [-0.1, -0.05) is 25.0 Å². The van der Waals surface area contributed by atoms with E-state index in [2.05, 4.69) is 9.80 Å². The van der Waals surface area contributed by atoms with Gasteiger partial charge in [0.1, 0.15) is 0 Å². The largest absolute Gasteiger partial charge is 0.504 e. The van der Waals surface area contributed by atoms with Crippen LogP contribution in [0.25, 0.3) is 0 Å². The molecule has 3 fully saturated rings. The number of fused-ring (bicyclic) bond motifs is 1. The number of aromatic hydroxyl groups is 1. The minimum Gasteiger partial charge on any atom is -0.504 e. The SMILES string of the molecule is COc1cccc(CN2CCC(c3nc(C)ccc3C(=O)N3CCCC4CCCCC43)CC2)c1O. The maximum absolute atomic E-state index is 13.9. The van der Waals surface area contributed by atoms with Crippen molar-refractivity contribution in [3.05, 3.63) is 52.8 Å². The fraction of sp³-hybridized carbons (Fsp3) is 0.586. The van der Waals surface area contributed by atoms with Gasteiger partial charge in [-0.2, -0.15) is 0 Å². The van der Waals surface area contributed by atoms with Gasteiger partial charge in [0.05, 0.1) is 18.4 Å². The lowest BCUT2D eigenvalue weighted by Crippen LogP contribution is -2.50. The van der Waals surface area contributed by atoms with E-state index in [0.717, 1.165) is 67.8 Å². The van der Waals surface area contributed by atoms with Crippen molar-refractivity contribution in [2.45, 2.75) is 76.8 Å². The lowest BCUT2D eigenvalue weighted by atomic mass is 9.78. The first-order valence-corrected chi connectivity index (χ1v) is 13.4. The Morgan fingerprint density at radius 2 is 1.80 bits per heavy atom. The van der Waals surface area contributed by atoms with Gasteiger partial charge in [-0.15, -0.1) is 0 Å². The number of pyridine rings is 1. The number of phenols is 1. The van der Waals surface area contributed by atoms with E-state index in [0.29, 0.717) is 24.3 Å². The number of hydrogen-bond acceptors (Lipinski definition) is 5. The van der Waals surface area contributed by atoms with E-state index in [4.69, 9.17) is 9.72 Å². The van der Waals surface area contributed by atoms with Crippen LogP contribution in [0.1, 0.15) is 84.6 Å². The fourth-order valence-electron chi connectivity index (χ4n) is 6.57. The van der Waals surface area contributed by atoms with Crippen LogP contribution >= 0.6 is 0 Å². The third kappa shape index (κ3) is 5.04. The minimum atomic E-state index is 0.202. The van der Waals surface area contributed by atoms with Crippen molar-refractivity contribution in [2.75, 3.05) is 26.7 Å². The van der Waals surface area contributed by atoms with Gasteiger partial charge in [-0.3, -0.25) is 14.7 Å². The average molecular weight is 478 g/mol. The van der Waals surface area contributed by atoms with Gasteiger partial charge in [0.15, 0.2) is 11.5 Å². The zero-order valence-electron chi connectivity index (χ0n) is 21.2. The lowest BCUT2D eigenvalue weighted by Gasteiger charge is -2.44. The highest BCUT2D eigenvalue weighted by atomic mass is 16.5. The van der Waals surface area contributed by atoms with Crippen LogP contribution in [-0.2, 0) is 6.54 Å². The summed E-state index contributed by atoms with van der Waals surface area (Å²) in [7, 11) is 1.58. The molecule has 5 rings (SSSR count). The van der Waals surface area contributed by atoms with E-state index in [1.54, 1.807) is 13.2 Å². The van der Waals surface area contributed by atoms with E-state index in [-0.39, 0.29) is 17.6 Å². The molecule has 3 aliphatic rings. The van der Waals surface area contributed by atoms with Crippen molar-refractivity contribution in [1.82, 2.24) is 14.8 Å². The number of methoxy groups -OCH3 is 1. The third-order valence-corrected chi connectivity index (χ3v) is 8.47. The number of carbonyl (C=O) groups excluding carboxylic acids is 1. The molecule has 2 unspecified atom stereocenters. The number of piperidine rings is 2. The summed E-state index contributed by atoms with van der Waals surface area (Å²) in [4.78, 5) is 23.4. The van der Waals surface area contributed by atoms with Crippen molar-refractivity contribution < 1.29 is 14.6 Å². The van der Waals surface area contributed by atoms with E-state index in [1.807, 2.05) is 31.2 Å². The van der Waals surface area contributed by atoms with E-state index in [9.17, 15) is 9.90 Å². The number of amides is 1. The maximum Gasteiger partial charge on any atom is 0.255 e. The molecule has 2 aromatic rings. The molecule has 6 nitrogen and oxygen atoms in total. The third-order valence-electron chi connectivity index (χ3n) is 8.47. The number of aryl methyl sites for hydroxylation is 1. The lowest BCUT2D eigenvalue weighted by molar-refractivity contribution is 0.0388. The Balaban J connectivity index is 1.30. The molecule has 2 atom stereocenters. The average Bonchev–Trinajstić information content (AvgIpc) is 2.89. The molecular weight excluding hydrogens is 438 g/mol. The zero-order chi connectivity index (χ0) is 24.4. The Morgan fingerprint density at radius 3 is 2.60 bits per heavy atom.